The van der Waals surface area contributed by atoms with Crippen LogP contribution in [0, 0.1) is 18.7 Å². The molecule has 0 radical (unpaired) electrons. The Bertz CT molecular complexity index is 980. The maximum absolute atomic E-state index is 15.3. The quantitative estimate of drug-likeness (QED) is 0.531. The molecule has 0 atom stereocenters. The minimum Gasteiger partial charge on any atom is -0.491 e. The molecule has 0 aromatic heterocycles. The molecule has 1 aliphatic heterocycles. The fourth-order valence-electron chi connectivity index (χ4n) is 4.49. The Morgan fingerprint density at radius 2 is 1.97 bits per heavy atom. The first-order valence-electron chi connectivity index (χ1n) is 11.6. The Hall–Kier alpha value is -2.60. The molecule has 2 aliphatic rings. The molecule has 172 valence electrons. The Morgan fingerprint density at radius 1 is 1.22 bits per heavy atom. The number of carboxylic acid groups (broad SMARTS) is 1. The van der Waals surface area contributed by atoms with Crippen LogP contribution in [-0.2, 0) is 16.0 Å². The van der Waals surface area contributed by atoms with Crippen molar-refractivity contribution >= 4 is 11.7 Å². The van der Waals surface area contributed by atoms with E-state index in [-0.39, 0.29) is 11.6 Å². The zero-order valence-corrected chi connectivity index (χ0v) is 18.9. The van der Waals surface area contributed by atoms with Crippen LogP contribution in [0.1, 0.15) is 50.2 Å². The van der Waals surface area contributed by atoms with Gasteiger partial charge in [-0.1, -0.05) is 18.9 Å². The van der Waals surface area contributed by atoms with Gasteiger partial charge in [-0.05, 0) is 73.6 Å². The minimum absolute atomic E-state index is 0.268. The van der Waals surface area contributed by atoms with E-state index in [0.717, 1.165) is 41.1 Å². The summed E-state index contributed by atoms with van der Waals surface area (Å²) >= 11 is 0. The number of nitrogens with one attached hydrogen (secondary N) is 1. The zero-order valence-electron chi connectivity index (χ0n) is 18.9. The van der Waals surface area contributed by atoms with E-state index in [1.54, 1.807) is 6.07 Å². The number of ether oxygens (including phenoxy) is 2. The van der Waals surface area contributed by atoms with E-state index >= 15 is 4.39 Å². The van der Waals surface area contributed by atoms with E-state index in [1.165, 1.54) is 12.8 Å². The third-order valence-corrected chi connectivity index (χ3v) is 6.54. The maximum atomic E-state index is 15.3. The number of halogens is 1. The SMILES string of the molecule is CCOc1cc(C)cc(-c2ccc(NC3(C(=O)O)CCOCC3)cc2CCC2CC2)c1F. The topological polar surface area (TPSA) is 67.8 Å². The number of anilines is 1. The number of aliphatic carboxylic acids is 1. The third kappa shape index (κ3) is 4.90. The van der Waals surface area contributed by atoms with Gasteiger partial charge < -0.3 is 19.9 Å². The fraction of sp³-hybridized carbons (Fsp3) is 0.500. The Labute approximate surface area is 188 Å². The first-order valence-corrected chi connectivity index (χ1v) is 11.6. The van der Waals surface area contributed by atoms with Crippen molar-refractivity contribution in [1.82, 2.24) is 0 Å². The second-order valence-electron chi connectivity index (χ2n) is 9.04. The predicted molar refractivity (Wildman–Crippen MR) is 123 cm³/mol. The molecule has 1 heterocycles. The summed E-state index contributed by atoms with van der Waals surface area (Å²) in [6.45, 7) is 5.02. The van der Waals surface area contributed by atoms with E-state index in [9.17, 15) is 9.90 Å². The first kappa shape index (κ1) is 22.6. The van der Waals surface area contributed by atoms with Gasteiger partial charge in [-0.15, -0.1) is 0 Å². The maximum Gasteiger partial charge on any atom is 0.329 e. The lowest BCUT2D eigenvalue weighted by molar-refractivity contribution is -0.145. The van der Waals surface area contributed by atoms with Crippen LogP contribution in [0.3, 0.4) is 0 Å². The van der Waals surface area contributed by atoms with Crippen LogP contribution in [0.2, 0.25) is 0 Å². The van der Waals surface area contributed by atoms with Crippen LogP contribution in [0.4, 0.5) is 10.1 Å². The Balaban J connectivity index is 1.71. The Kier molecular flexibility index (Phi) is 6.70. The molecule has 5 nitrogen and oxygen atoms in total. The molecule has 4 rings (SSSR count). The summed E-state index contributed by atoms with van der Waals surface area (Å²) in [6.07, 6.45) is 5.21. The summed E-state index contributed by atoms with van der Waals surface area (Å²) in [7, 11) is 0. The lowest BCUT2D eigenvalue weighted by Crippen LogP contribution is -2.50. The number of benzene rings is 2. The number of carboxylic acids is 1. The average molecular weight is 442 g/mol. The van der Waals surface area contributed by atoms with Crippen LogP contribution in [-0.4, -0.2) is 36.4 Å². The summed E-state index contributed by atoms with van der Waals surface area (Å²) in [5.74, 6) is -0.209. The molecule has 6 heteroatoms. The molecule has 0 unspecified atom stereocenters. The fourth-order valence-corrected chi connectivity index (χ4v) is 4.49. The van der Waals surface area contributed by atoms with E-state index in [2.05, 4.69) is 5.32 Å². The van der Waals surface area contributed by atoms with Gasteiger partial charge in [-0.3, -0.25) is 0 Å². The molecule has 2 aromatic carbocycles. The number of hydrogen-bond donors (Lipinski definition) is 2. The number of carbonyl (C=O) groups is 1. The monoisotopic (exact) mass is 441 g/mol. The van der Waals surface area contributed by atoms with Gasteiger partial charge in [0.05, 0.1) is 6.61 Å². The van der Waals surface area contributed by atoms with Crippen molar-refractivity contribution in [2.24, 2.45) is 5.92 Å². The molecular formula is C26H32FNO4. The lowest BCUT2D eigenvalue weighted by atomic mass is 9.89. The van der Waals surface area contributed by atoms with Crippen LogP contribution in [0.5, 0.6) is 5.75 Å². The van der Waals surface area contributed by atoms with Crippen LogP contribution >= 0.6 is 0 Å². The molecule has 0 bridgehead atoms. The van der Waals surface area contributed by atoms with Gasteiger partial charge in [-0.2, -0.15) is 0 Å². The van der Waals surface area contributed by atoms with Gasteiger partial charge in [0, 0.05) is 37.3 Å². The molecule has 1 aliphatic carbocycles. The van der Waals surface area contributed by atoms with Crippen molar-refractivity contribution in [3.63, 3.8) is 0 Å². The third-order valence-electron chi connectivity index (χ3n) is 6.54. The molecule has 2 fully saturated rings. The van der Waals surface area contributed by atoms with Crippen molar-refractivity contribution in [2.75, 3.05) is 25.1 Å². The first-order chi connectivity index (χ1) is 15.4. The van der Waals surface area contributed by atoms with Crippen molar-refractivity contribution < 1.29 is 23.8 Å². The molecule has 0 spiro atoms. The number of hydrogen-bond acceptors (Lipinski definition) is 4. The smallest absolute Gasteiger partial charge is 0.329 e. The van der Waals surface area contributed by atoms with Crippen LogP contribution in [0.25, 0.3) is 11.1 Å². The number of aryl methyl sites for hydroxylation is 2. The molecule has 1 saturated heterocycles. The molecule has 2 aromatic rings. The summed E-state index contributed by atoms with van der Waals surface area (Å²) < 4.78 is 26.2. The molecule has 32 heavy (non-hydrogen) atoms. The van der Waals surface area contributed by atoms with Crippen LogP contribution in [0.15, 0.2) is 30.3 Å². The van der Waals surface area contributed by atoms with Gasteiger partial charge in [0.15, 0.2) is 11.6 Å². The second kappa shape index (κ2) is 9.49. The molecule has 1 saturated carbocycles. The summed E-state index contributed by atoms with van der Waals surface area (Å²) in [5.41, 5.74) is 3.06. The van der Waals surface area contributed by atoms with Crippen molar-refractivity contribution in [1.29, 1.82) is 0 Å². The highest BCUT2D eigenvalue weighted by Crippen LogP contribution is 2.38. The number of rotatable bonds is 9. The molecule has 2 N–H and O–H groups in total. The normalized spacial score (nSPS) is 17.7. The van der Waals surface area contributed by atoms with E-state index < -0.39 is 11.5 Å². The highest BCUT2D eigenvalue weighted by molar-refractivity contribution is 5.83. The zero-order chi connectivity index (χ0) is 22.7. The molecular weight excluding hydrogens is 409 g/mol. The summed E-state index contributed by atoms with van der Waals surface area (Å²) in [6, 6.07) is 9.35. The van der Waals surface area contributed by atoms with Crippen molar-refractivity contribution in [3.8, 4) is 16.9 Å². The second-order valence-corrected chi connectivity index (χ2v) is 9.04. The summed E-state index contributed by atoms with van der Waals surface area (Å²) in [4.78, 5) is 12.1. The van der Waals surface area contributed by atoms with Gasteiger partial charge in [0.25, 0.3) is 0 Å². The lowest BCUT2D eigenvalue weighted by Gasteiger charge is -2.35. The van der Waals surface area contributed by atoms with Gasteiger partial charge in [0.1, 0.15) is 5.54 Å². The largest absolute Gasteiger partial charge is 0.491 e. The van der Waals surface area contributed by atoms with E-state index in [1.807, 2.05) is 38.1 Å². The van der Waals surface area contributed by atoms with Gasteiger partial charge in [0.2, 0.25) is 0 Å². The van der Waals surface area contributed by atoms with E-state index in [0.29, 0.717) is 38.2 Å². The van der Waals surface area contributed by atoms with Crippen molar-refractivity contribution in [3.05, 3.63) is 47.3 Å². The molecule has 0 amide bonds. The summed E-state index contributed by atoms with van der Waals surface area (Å²) in [5, 5.41) is 13.2. The standard InChI is InChI=1S/C26H32FNO4/c1-3-32-23-15-17(2)14-22(24(23)27)21-9-8-20(16-19(21)7-6-18-4-5-18)28-26(25(29)30)10-12-31-13-11-26/h8-9,14-16,18,28H,3-7,10-13H2,1-2H3,(H,29,30). The van der Waals surface area contributed by atoms with Crippen molar-refractivity contribution in [2.45, 2.75) is 57.9 Å². The highest BCUT2D eigenvalue weighted by Gasteiger charge is 2.40. The van der Waals surface area contributed by atoms with Gasteiger partial charge in [-0.25, -0.2) is 9.18 Å². The van der Waals surface area contributed by atoms with Crippen LogP contribution < -0.4 is 10.1 Å². The predicted octanol–water partition coefficient (Wildman–Crippen LogP) is 5.59. The van der Waals surface area contributed by atoms with Gasteiger partial charge >= 0.3 is 5.97 Å². The minimum atomic E-state index is -1.04. The average Bonchev–Trinajstić information content (AvgIpc) is 3.60. The highest BCUT2D eigenvalue weighted by atomic mass is 19.1. The Morgan fingerprint density at radius 3 is 2.62 bits per heavy atom. The van der Waals surface area contributed by atoms with E-state index in [4.69, 9.17) is 9.47 Å².